The lowest BCUT2D eigenvalue weighted by Crippen LogP contribution is -2.40. The van der Waals surface area contributed by atoms with Gasteiger partial charge in [-0.25, -0.2) is 4.98 Å². The maximum absolute atomic E-state index is 5.50. The normalized spacial score (nSPS) is 16.6. The van der Waals surface area contributed by atoms with E-state index in [0.717, 1.165) is 49.9 Å². The van der Waals surface area contributed by atoms with E-state index < -0.39 is 0 Å². The molecular formula is C19H21N5O. The Morgan fingerprint density at radius 1 is 1.08 bits per heavy atom. The number of nitrogens with one attached hydrogen (secondary N) is 1. The first-order chi connectivity index (χ1) is 12.4. The Bertz CT molecular complexity index is 784. The number of hydrogen-bond acceptors (Lipinski definition) is 5. The van der Waals surface area contributed by atoms with Gasteiger partial charge in [-0.05, 0) is 17.2 Å². The Labute approximate surface area is 146 Å². The third-order valence-electron chi connectivity index (χ3n) is 4.42. The predicted octanol–water partition coefficient (Wildman–Crippen LogP) is 2.21. The largest absolute Gasteiger partial charge is 0.379 e. The topological polar surface area (TPSA) is 66.9 Å². The van der Waals surface area contributed by atoms with E-state index >= 15 is 0 Å². The zero-order valence-electron chi connectivity index (χ0n) is 14.0. The predicted molar refractivity (Wildman–Crippen MR) is 94.1 cm³/mol. The lowest BCUT2D eigenvalue weighted by atomic mass is 10.1. The Morgan fingerprint density at radius 2 is 1.92 bits per heavy atom. The van der Waals surface area contributed by atoms with Crippen LogP contribution in [-0.4, -0.2) is 51.4 Å². The minimum absolute atomic E-state index is 0.00151. The molecular weight excluding hydrogens is 314 g/mol. The summed E-state index contributed by atoms with van der Waals surface area (Å²) in [7, 11) is 0. The first-order valence-corrected chi connectivity index (χ1v) is 8.57. The molecule has 0 saturated carbocycles. The van der Waals surface area contributed by atoms with Crippen LogP contribution < -0.4 is 0 Å². The number of benzene rings is 1. The summed E-state index contributed by atoms with van der Waals surface area (Å²) < 4.78 is 5.50. The second-order valence-electron chi connectivity index (χ2n) is 6.14. The molecule has 1 atom stereocenters. The van der Waals surface area contributed by atoms with Crippen molar-refractivity contribution in [2.45, 2.75) is 12.5 Å². The Kier molecular flexibility index (Phi) is 4.81. The summed E-state index contributed by atoms with van der Waals surface area (Å²) >= 11 is 0. The number of hydrogen-bond donors (Lipinski definition) is 1. The summed E-state index contributed by atoms with van der Waals surface area (Å²) in [6.45, 7) is 3.19. The molecule has 2 aromatic heterocycles. The minimum atomic E-state index is -0.00151. The van der Waals surface area contributed by atoms with Gasteiger partial charge in [0, 0.05) is 31.9 Å². The van der Waals surface area contributed by atoms with Crippen molar-refractivity contribution < 1.29 is 4.74 Å². The lowest BCUT2D eigenvalue weighted by molar-refractivity contribution is 0.0224. The molecule has 4 rings (SSSR count). The number of aromatic amines is 1. The fourth-order valence-electron chi connectivity index (χ4n) is 3.20. The van der Waals surface area contributed by atoms with Crippen LogP contribution in [-0.2, 0) is 11.2 Å². The molecule has 0 radical (unpaired) electrons. The smallest absolute Gasteiger partial charge is 0.172 e. The monoisotopic (exact) mass is 335 g/mol. The van der Waals surface area contributed by atoms with Gasteiger partial charge in [0.25, 0.3) is 0 Å². The van der Waals surface area contributed by atoms with E-state index in [0.29, 0.717) is 0 Å². The standard InChI is InChI=1S/C19H21N5O/c1-2-5-15(6-3-1)13-17-21-19(23-22-17)18(16-7-4-8-20-14-16)24-9-11-25-12-10-24/h1-8,14,18H,9-13H2,(H,21,22,23)/t18-/m1/s1. The number of nitrogens with zero attached hydrogens (tertiary/aromatic N) is 4. The van der Waals surface area contributed by atoms with Gasteiger partial charge in [0.1, 0.15) is 5.82 Å². The summed E-state index contributed by atoms with van der Waals surface area (Å²) in [5.41, 5.74) is 2.32. The number of H-pyrrole nitrogens is 1. The summed E-state index contributed by atoms with van der Waals surface area (Å²) in [5, 5.41) is 7.62. The lowest BCUT2D eigenvalue weighted by Gasteiger charge is -2.32. The molecule has 6 heteroatoms. The van der Waals surface area contributed by atoms with Crippen LogP contribution in [0.25, 0.3) is 0 Å². The average Bonchev–Trinajstić information content (AvgIpc) is 3.12. The Balaban J connectivity index is 1.61. The third-order valence-corrected chi connectivity index (χ3v) is 4.42. The van der Waals surface area contributed by atoms with Crippen molar-refractivity contribution in [1.29, 1.82) is 0 Å². The molecule has 1 fully saturated rings. The molecule has 0 unspecified atom stereocenters. The van der Waals surface area contributed by atoms with E-state index in [1.165, 1.54) is 5.56 Å². The van der Waals surface area contributed by atoms with E-state index in [1.54, 1.807) is 6.20 Å². The Hall–Kier alpha value is -2.57. The molecule has 1 saturated heterocycles. The highest BCUT2D eigenvalue weighted by Crippen LogP contribution is 2.26. The van der Waals surface area contributed by atoms with Gasteiger partial charge in [-0.1, -0.05) is 36.4 Å². The van der Waals surface area contributed by atoms with E-state index in [2.05, 4.69) is 38.3 Å². The van der Waals surface area contributed by atoms with Crippen molar-refractivity contribution >= 4 is 0 Å². The molecule has 1 aliphatic heterocycles. The molecule has 0 amide bonds. The molecule has 1 aliphatic rings. The van der Waals surface area contributed by atoms with Crippen LogP contribution in [0.4, 0.5) is 0 Å². The zero-order chi connectivity index (χ0) is 16.9. The number of ether oxygens (including phenoxy) is 1. The second kappa shape index (κ2) is 7.55. The van der Waals surface area contributed by atoms with Gasteiger partial charge in [0.2, 0.25) is 0 Å². The van der Waals surface area contributed by atoms with Gasteiger partial charge in [0.15, 0.2) is 5.82 Å². The van der Waals surface area contributed by atoms with Crippen LogP contribution in [0.5, 0.6) is 0 Å². The van der Waals surface area contributed by atoms with Crippen LogP contribution in [0.15, 0.2) is 54.9 Å². The highest BCUT2D eigenvalue weighted by molar-refractivity contribution is 5.23. The first-order valence-electron chi connectivity index (χ1n) is 8.57. The average molecular weight is 335 g/mol. The van der Waals surface area contributed by atoms with Gasteiger partial charge < -0.3 is 4.74 Å². The quantitative estimate of drug-likeness (QED) is 0.774. The van der Waals surface area contributed by atoms with Gasteiger partial charge in [0.05, 0.1) is 19.3 Å². The third kappa shape index (κ3) is 3.75. The number of aromatic nitrogens is 4. The molecule has 3 heterocycles. The van der Waals surface area contributed by atoms with Gasteiger partial charge in [-0.2, -0.15) is 5.10 Å². The van der Waals surface area contributed by atoms with E-state index in [-0.39, 0.29) is 6.04 Å². The van der Waals surface area contributed by atoms with Crippen molar-refractivity contribution in [2.24, 2.45) is 0 Å². The van der Waals surface area contributed by atoms with Gasteiger partial charge >= 0.3 is 0 Å². The molecule has 25 heavy (non-hydrogen) atoms. The molecule has 3 aromatic rings. The summed E-state index contributed by atoms with van der Waals surface area (Å²) in [4.78, 5) is 11.4. The number of rotatable bonds is 5. The highest BCUT2D eigenvalue weighted by Gasteiger charge is 2.27. The molecule has 128 valence electrons. The molecule has 1 aromatic carbocycles. The maximum Gasteiger partial charge on any atom is 0.172 e. The SMILES string of the molecule is c1ccc(Cc2nc([C@@H](c3cccnc3)N3CCOCC3)n[nH]2)cc1. The minimum Gasteiger partial charge on any atom is -0.379 e. The number of pyridine rings is 1. The van der Waals surface area contributed by atoms with E-state index in [4.69, 9.17) is 9.72 Å². The first kappa shape index (κ1) is 15.9. The van der Waals surface area contributed by atoms with Crippen molar-refractivity contribution in [1.82, 2.24) is 25.1 Å². The van der Waals surface area contributed by atoms with Crippen molar-refractivity contribution in [3.8, 4) is 0 Å². The highest BCUT2D eigenvalue weighted by atomic mass is 16.5. The fraction of sp³-hybridized carbons (Fsp3) is 0.316. The molecule has 0 spiro atoms. The second-order valence-corrected chi connectivity index (χ2v) is 6.14. The van der Waals surface area contributed by atoms with Crippen molar-refractivity contribution in [3.63, 3.8) is 0 Å². The van der Waals surface area contributed by atoms with Crippen molar-refractivity contribution in [2.75, 3.05) is 26.3 Å². The van der Waals surface area contributed by atoms with Crippen LogP contribution in [0.1, 0.15) is 28.8 Å². The molecule has 6 nitrogen and oxygen atoms in total. The zero-order valence-corrected chi connectivity index (χ0v) is 14.0. The van der Waals surface area contributed by atoms with Gasteiger partial charge in [-0.15, -0.1) is 0 Å². The van der Waals surface area contributed by atoms with E-state index in [1.807, 2.05) is 30.5 Å². The maximum atomic E-state index is 5.50. The van der Waals surface area contributed by atoms with Crippen LogP contribution in [0.2, 0.25) is 0 Å². The Morgan fingerprint density at radius 3 is 2.68 bits per heavy atom. The molecule has 0 aliphatic carbocycles. The van der Waals surface area contributed by atoms with Crippen LogP contribution >= 0.6 is 0 Å². The van der Waals surface area contributed by atoms with E-state index in [9.17, 15) is 0 Å². The molecule has 0 bridgehead atoms. The number of morpholine rings is 1. The fourth-order valence-corrected chi connectivity index (χ4v) is 3.20. The van der Waals surface area contributed by atoms with Gasteiger partial charge in [-0.3, -0.25) is 15.0 Å². The van der Waals surface area contributed by atoms with Crippen LogP contribution in [0, 0.1) is 0 Å². The summed E-state index contributed by atoms with van der Waals surface area (Å²) in [6, 6.07) is 14.3. The summed E-state index contributed by atoms with van der Waals surface area (Å²) in [5.74, 6) is 1.67. The molecule has 1 N–H and O–H groups in total. The van der Waals surface area contributed by atoms with Crippen LogP contribution in [0.3, 0.4) is 0 Å². The van der Waals surface area contributed by atoms with Crippen molar-refractivity contribution in [3.05, 3.63) is 77.6 Å². The summed E-state index contributed by atoms with van der Waals surface area (Å²) in [6.07, 6.45) is 4.43.